The molecule has 3 atom stereocenters. The Morgan fingerprint density at radius 2 is 1.74 bits per heavy atom. The van der Waals surface area contributed by atoms with Gasteiger partial charge in [-0.25, -0.2) is 0 Å². The summed E-state index contributed by atoms with van der Waals surface area (Å²) < 4.78 is 0. The van der Waals surface area contributed by atoms with E-state index in [2.05, 4.69) is 62.2 Å². The molecule has 2 bridgehead atoms. The van der Waals surface area contributed by atoms with Crippen LogP contribution in [0.5, 0.6) is 0 Å². The van der Waals surface area contributed by atoms with Crippen LogP contribution in [0, 0.1) is 17.8 Å². The topological polar surface area (TPSA) is 0 Å². The van der Waals surface area contributed by atoms with Gasteiger partial charge in [0, 0.05) is 16.1 Å². The fourth-order valence-corrected chi connectivity index (χ4v) is 6.37. The monoisotopic (exact) mass is 384 g/mol. The van der Waals surface area contributed by atoms with E-state index in [1.165, 1.54) is 37.7 Å². The predicted octanol–water partition coefficient (Wildman–Crippen LogP) is 5.54. The van der Waals surface area contributed by atoms with Gasteiger partial charge in [0.1, 0.15) is 0 Å². The van der Waals surface area contributed by atoms with Gasteiger partial charge in [-0.05, 0) is 49.0 Å². The van der Waals surface area contributed by atoms with Gasteiger partial charge in [-0.2, -0.15) is 0 Å². The molecule has 1 aromatic carbocycles. The molecular weight excluding hydrogens is 364 g/mol. The molecule has 19 heavy (non-hydrogen) atoms. The lowest BCUT2D eigenvalue weighted by molar-refractivity contribution is 0.266. The van der Waals surface area contributed by atoms with E-state index in [9.17, 15) is 0 Å². The first-order valence-corrected chi connectivity index (χ1v) is 9.69. The molecule has 2 saturated carbocycles. The van der Waals surface area contributed by atoms with Crippen LogP contribution in [-0.4, -0.2) is 10.7 Å². The summed E-state index contributed by atoms with van der Waals surface area (Å²) in [6, 6.07) is 11.1. The molecule has 0 N–H and O–H groups in total. The van der Waals surface area contributed by atoms with E-state index in [0.29, 0.717) is 0 Å². The second kappa shape index (κ2) is 5.89. The summed E-state index contributed by atoms with van der Waals surface area (Å²) >= 11 is 7.60. The second-order valence-electron chi connectivity index (χ2n) is 6.55. The van der Waals surface area contributed by atoms with Crippen molar-refractivity contribution >= 4 is 31.9 Å². The summed E-state index contributed by atoms with van der Waals surface area (Å²) in [4.78, 5) is 0. The molecule has 2 fully saturated rings. The third-order valence-electron chi connectivity index (χ3n) is 5.44. The molecule has 0 nitrogen and oxygen atoms in total. The molecule has 0 heterocycles. The zero-order valence-corrected chi connectivity index (χ0v) is 14.5. The highest BCUT2D eigenvalue weighted by Gasteiger charge is 2.43. The Balaban J connectivity index is 1.81. The normalized spacial score (nSPS) is 29.9. The lowest BCUT2D eigenvalue weighted by atomic mass is 9.72. The lowest BCUT2D eigenvalue weighted by Crippen LogP contribution is -2.34. The number of alkyl halides is 2. The number of fused-ring (bicyclic) bond motifs is 2. The smallest absolute Gasteiger partial charge is 0.0149 e. The highest BCUT2D eigenvalue weighted by molar-refractivity contribution is 9.09. The van der Waals surface area contributed by atoms with Crippen LogP contribution in [0.2, 0.25) is 0 Å². The van der Waals surface area contributed by atoms with Crippen molar-refractivity contribution in [1.29, 1.82) is 0 Å². The van der Waals surface area contributed by atoms with E-state index in [4.69, 9.17) is 0 Å². The van der Waals surface area contributed by atoms with Crippen molar-refractivity contribution in [2.75, 3.05) is 10.7 Å². The van der Waals surface area contributed by atoms with Gasteiger partial charge in [0.2, 0.25) is 0 Å². The van der Waals surface area contributed by atoms with Gasteiger partial charge >= 0.3 is 0 Å². The first-order chi connectivity index (χ1) is 9.27. The first kappa shape index (κ1) is 14.1. The van der Waals surface area contributed by atoms with Crippen molar-refractivity contribution in [3.05, 3.63) is 35.9 Å². The zero-order valence-electron chi connectivity index (χ0n) is 11.3. The van der Waals surface area contributed by atoms with Gasteiger partial charge in [-0.15, -0.1) is 0 Å². The third kappa shape index (κ3) is 2.68. The molecule has 2 aliphatic carbocycles. The van der Waals surface area contributed by atoms with Crippen LogP contribution in [0.4, 0.5) is 0 Å². The maximum Gasteiger partial charge on any atom is 0.0149 e. The SMILES string of the molecule is BrCC(CBr)(CC1CC2CCC1C2)c1ccccc1. The number of benzene rings is 1. The molecular formula is C17H22Br2. The standard InChI is InChI=1S/C17H22Br2/c18-11-17(12-19,16-4-2-1-3-5-16)10-15-9-13-6-7-14(15)8-13/h1-5,13-15H,6-12H2. The predicted molar refractivity (Wildman–Crippen MR) is 89.3 cm³/mol. The Hall–Kier alpha value is 0.180. The molecule has 0 radical (unpaired) electrons. The zero-order chi connectivity index (χ0) is 13.3. The van der Waals surface area contributed by atoms with Gasteiger partial charge in [-0.3, -0.25) is 0 Å². The summed E-state index contributed by atoms with van der Waals surface area (Å²) in [7, 11) is 0. The van der Waals surface area contributed by atoms with Crippen LogP contribution in [0.1, 0.15) is 37.7 Å². The maximum absolute atomic E-state index is 3.80. The molecule has 3 rings (SSSR count). The van der Waals surface area contributed by atoms with Crippen LogP contribution in [0.3, 0.4) is 0 Å². The van der Waals surface area contributed by atoms with Crippen molar-refractivity contribution in [2.24, 2.45) is 17.8 Å². The van der Waals surface area contributed by atoms with Gasteiger partial charge in [0.15, 0.2) is 0 Å². The Labute approximate surface area is 133 Å². The van der Waals surface area contributed by atoms with Crippen molar-refractivity contribution < 1.29 is 0 Å². The first-order valence-electron chi connectivity index (χ1n) is 7.45. The van der Waals surface area contributed by atoms with E-state index in [-0.39, 0.29) is 5.41 Å². The number of halogens is 2. The van der Waals surface area contributed by atoms with Crippen LogP contribution in [0.15, 0.2) is 30.3 Å². The van der Waals surface area contributed by atoms with Crippen LogP contribution < -0.4 is 0 Å². The van der Waals surface area contributed by atoms with Gasteiger partial charge in [-0.1, -0.05) is 68.6 Å². The van der Waals surface area contributed by atoms with E-state index >= 15 is 0 Å². The molecule has 0 aromatic heterocycles. The molecule has 0 saturated heterocycles. The molecule has 2 heteroatoms. The summed E-state index contributed by atoms with van der Waals surface area (Å²) in [6.45, 7) is 0. The summed E-state index contributed by atoms with van der Waals surface area (Å²) in [6.07, 6.45) is 7.33. The average molecular weight is 386 g/mol. The van der Waals surface area contributed by atoms with Gasteiger partial charge < -0.3 is 0 Å². The van der Waals surface area contributed by atoms with Crippen LogP contribution in [0.25, 0.3) is 0 Å². The van der Waals surface area contributed by atoms with Crippen molar-refractivity contribution in [1.82, 2.24) is 0 Å². The molecule has 0 spiro atoms. The van der Waals surface area contributed by atoms with Crippen LogP contribution in [-0.2, 0) is 5.41 Å². The van der Waals surface area contributed by atoms with Crippen molar-refractivity contribution in [3.8, 4) is 0 Å². The molecule has 104 valence electrons. The second-order valence-corrected chi connectivity index (χ2v) is 7.67. The van der Waals surface area contributed by atoms with E-state index < -0.39 is 0 Å². The Bertz CT molecular complexity index is 411. The van der Waals surface area contributed by atoms with Gasteiger partial charge in [0.05, 0.1) is 0 Å². The minimum absolute atomic E-state index is 0.274. The molecule has 3 unspecified atom stereocenters. The Morgan fingerprint density at radius 3 is 2.26 bits per heavy atom. The summed E-state index contributed by atoms with van der Waals surface area (Å²) in [5, 5.41) is 2.12. The van der Waals surface area contributed by atoms with Crippen molar-refractivity contribution in [3.63, 3.8) is 0 Å². The molecule has 2 aliphatic rings. The third-order valence-corrected chi connectivity index (χ3v) is 7.58. The summed E-state index contributed by atoms with van der Waals surface area (Å²) in [5.41, 5.74) is 1.77. The van der Waals surface area contributed by atoms with Crippen molar-refractivity contribution in [2.45, 2.75) is 37.5 Å². The van der Waals surface area contributed by atoms with Gasteiger partial charge in [0.25, 0.3) is 0 Å². The molecule has 1 aromatic rings. The summed E-state index contributed by atoms with van der Waals surface area (Å²) in [5.74, 6) is 3.02. The minimum Gasteiger partial charge on any atom is -0.0918 e. The lowest BCUT2D eigenvalue weighted by Gasteiger charge is -2.36. The fraction of sp³-hybridized carbons (Fsp3) is 0.647. The molecule has 0 aliphatic heterocycles. The fourth-order valence-electron chi connectivity index (χ4n) is 4.34. The maximum atomic E-state index is 3.80. The van der Waals surface area contributed by atoms with E-state index in [1.54, 1.807) is 0 Å². The number of rotatable bonds is 5. The quantitative estimate of drug-likeness (QED) is 0.583. The average Bonchev–Trinajstić information content (AvgIpc) is 3.08. The highest BCUT2D eigenvalue weighted by atomic mass is 79.9. The van der Waals surface area contributed by atoms with Crippen LogP contribution >= 0.6 is 31.9 Å². The largest absolute Gasteiger partial charge is 0.0918 e. The Morgan fingerprint density at radius 1 is 1.00 bits per heavy atom. The molecule has 0 amide bonds. The Kier molecular flexibility index (Phi) is 4.38. The van der Waals surface area contributed by atoms with E-state index in [0.717, 1.165) is 28.4 Å². The number of hydrogen-bond donors (Lipinski definition) is 0. The minimum atomic E-state index is 0.274. The number of hydrogen-bond acceptors (Lipinski definition) is 0. The van der Waals surface area contributed by atoms with E-state index in [1.807, 2.05) is 0 Å². The highest BCUT2D eigenvalue weighted by Crippen LogP contribution is 2.52.